The predicted molar refractivity (Wildman–Crippen MR) is 31.5 cm³/mol. The molecular weight excluding hydrogens is 144 g/mol. The van der Waals surface area contributed by atoms with E-state index in [-0.39, 0.29) is 10.9 Å². The molecule has 0 saturated heterocycles. The molecule has 9 heavy (non-hydrogen) atoms. The van der Waals surface area contributed by atoms with Gasteiger partial charge in [0.25, 0.3) is 5.56 Å². The molecule has 1 heterocycles. The van der Waals surface area contributed by atoms with Crippen molar-refractivity contribution in [1.82, 2.24) is 10.2 Å². The summed E-state index contributed by atoms with van der Waals surface area (Å²) >= 11 is 5.25. The number of halogens is 1. The Kier molecular flexibility index (Phi) is 1.40. The normalized spacial score (nSPS) is 9.44. The molecule has 4 nitrogen and oxygen atoms in total. The highest BCUT2D eigenvalue weighted by Gasteiger charge is 1.96. The first-order valence-electron chi connectivity index (χ1n) is 2.14. The fraction of sp³-hybridized carbons (Fsp3) is 0. The van der Waals surface area contributed by atoms with Crippen LogP contribution in [0.1, 0.15) is 0 Å². The van der Waals surface area contributed by atoms with Crippen molar-refractivity contribution in [1.29, 1.82) is 0 Å². The fourth-order valence-electron chi connectivity index (χ4n) is 0.377. The second-order valence-corrected chi connectivity index (χ2v) is 1.77. The van der Waals surface area contributed by atoms with Crippen molar-refractivity contribution in [3.8, 4) is 5.75 Å². The molecule has 5 heteroatoms. The molecule has 0 aromatic carbocycles. The van der Waals surface area contributed by atoms with Gasteiger partial charge in [0, 0.05) is 6.07 Å². The van der Waals surface area contributed by atoms with Gasteiger partial charge in [0.15, 0.2) is 10.9 Å². The molecule has 0 aliphatic rings. The van der Waals surface area contributed by atoms with Gasteiger partial charge in [-0.2, -0.15) is 5.10 Å². The molecule has 0 spiro atoms. The zero-order chi connectivity index (χ0) is 6.85. The number of aromatic amines is 1. The van der Waals surface area contributed by atoms with E-state index in [0.29, 0.717) is 0 Å². The van der Waals surface area contributed by atoms with Crippen LogP contribution < -0.4 is 5.56 Å². The lowest BCUT2D eigenvalue weighted by Gasteiger charge is -1.88. The molecular formula is C4H3ClN2O2. The maximum atomic E-state index is 10.3. The average Bonchev–Trinajstić information content (AvgIpc) is 1.80. The SMILES string of the molecule is O=c1cc(O)c(Cl)n[nH]1. The third kappa shape index (κ3) is 1.20. The summed E-state index contributed by atoms with van der Waals surface area (Å²) in [6.45, 7) is 0. The van der Waals surface area contributed by atoms with E-state index < -0.39 is 5.56 Å². The third-order valence-electron chi connectivity index (χ3n) is 0.743. The molecule has 1 aromatic rings. The minimum absolute atomic E-state index is 0.102. The zero-order valence-corrected chi connectivity index (χ0v) is 5.01. The van der Waals surface area contributed by atoms with Crippen LogP contribution in [0.2, 0.25) is 5.15 Å². The first-order valence-corrected chi connectivity index (χ1v) is 2.52. The number of hydrogen-bond acceptors (Lipinski definition) is 3. The summed E-state index contributed by atoms with van der Waals surface area (Å²) in [4.78, 5) is 10.3. The van der Waals surface area contributed by atoms with Crippen LogP contribution in [0.3, 0.4) is 0 Å². The van der Waals surface area contributed by atoms with Gasteiger partial charge in [0.1, 0.15) is 0 Å². The molecule has 48 valence electrons. The van der Waals surface area contributed by atoms with Gasteiger partial charge in [-0.3, -0.25) is 4.79 Å². The number of aromatic nitrogens is 2. The first-order chi connectivity index (χ1) is 4.20. The number of hydrogen-bond donors (Lipinski definition) is 2. The molecule has 1 aromatic heterocycles. The second-order valence-electron chi connectivity index (χ2n) is 1.41. The van der Waals surface area contributed by atoms with Crippen molar-refractivity contribution in [2.75, 3.05) is 0 Å². The molecule has 0 aliphatic carbocycles. The Labute approximate surface area is 55.1 Å². The van der Waals surface area contributed by atoms with E-state index >= 15 is 0 Å². The Morgan fingerprint density at radius 3 is 2.89 bits per heavy atom. The lowest BCUT2D eigenvalue weighted by molar-refractivity contribution is 0.470. The topological polar surface area (TPSA) is 66.0 Å². The standard InChI is InChI=1S/C4H3ClN2O2/c5-4-2(8)1-3(9)6-7-4/h1H,(H2,6,8,9). The first kappa shape index (κ1) is 6.10. The van der Waals surface area contributed by atoms with E-state index in [4.69, 9.17) is 16.7 Å². The van der Waals surface area contributed by atoms with Crippen molar-refractivity contribution < 1.29 is 5.11 Å². The van der Waals surface area contributed by atoms with Gasteiger partial charge >= 0.3 is 0 Å². The van der Waals surface area contributed by atoms with Crippen LogP contribution in [0, 0.1) is 0 Å². The molecule has 0 radical (unpaired) electrons. The molecule has 0 amide bonds. The maximum absolute atomic E-state index is 10.3. The smallest absolute Gasteiger partial charge is 0.267 e. The van der Waals surface area contributed by atoms with Crippen molar-refractivity contribution in [2.45, 2.75) is 0 Å². The molecule has 0 unspecified atom stereocenters. The maximum Gasteiger partial charge on any atom is 0.267 e. The van der Waals surface area contributed by atoms with Crippen LogP contribution in [0.4, 0.5) is 0 Å². The largest absolute Gasteiger partial charge is 0.505 e. The van der Waals surface area contributed by atoms with Gasteiger partial charge in [-0.05, 0) is 0 Å². The summed E-state index contributed by atoms with van der Waals surface area (Å²) in [7, 11) is 0. The minimum atomic E-state index is -0.475. The summed E-state index contributed by atoms with van der Waals surface area (Å²) in [5.41, 5.74) is -0.475. The van der Waals surface area contributed by atoms with E-state index in [2.05, 4.69) is 5.10 Å². The van der Waals surface area contributed by atoms with E-state index in [1.165, 1.54) is 0 Å². The highest BCUT2D eigenvalue weighted by Crippen LogP contribution is 2.14. The van der Waals surface area contributed by atoms with Crippen LogP contribution in [-0.4, -0.2) is 15.3 Å². The second kappa shape index (κ2) is 2.06. The molecule has 0 fully saturated rings. The van der Waals surface area contributed by atoms with Crippen LogP contribution in [-0.2, 0) is 0 Å². The van der Waals surface area contributed by atoms with E-state index in [1.54, 1.807) is 0 Å². The number of rotatable bonds is 0. The Balaban J connectivity index is 3.34. The van der Waals surface area contributed by atoms with Crippen LogP contribution in [0.15, 0.2) is 10.9 Å². The van der Waals surface area contributed by atoms with Gasteiger partial charge in [-0.1, -0.05) is 11.6 Å². The molecule has 1 rings (SSSR count). The summed E-state index contributed by atoms with van der Waals surface area (Å²) < 4.78 is 0. The quantitative estimate of drug-likeness (QED) is 0.547. The third-order valence-corrected chi connectivity index (χ3v) is 1.02. The Morgan fingerprint density at radius 2 is 2.44 bits per heavy atom. The molecule has 0 bridgehead atoms. The monoisotopic (exact) mass is 146 g/mol. The number of aromatic hydroxyl groups is 1. The summed E-state index contributed by atoms with van der Waals surface area (Å²) in [6.07, 6.45) is 0. The highest BCUT2D eigenvalue weighted by molar-refractivity contribution is 6.30. The lowest BCUT2D eigenvalue weighted by atomic mass is 10.5. The van der Waals surface area contributed by atoms with Crippen molar-refractivity contribution >= 4 is 11.6 Å². The van der Waals surface area contributed by atoms with Crippen LogP contribution >= 0.6 is 11.6 Å². The molecule has 0 atom stereocenters. The summed E-state index contributed by atoms with van der Waals surface area (Å²) in [5.74, 6) is -0.305. The number of nitrogens with one attached hydrogen (secondary N) is 1. The molecule has 0 saturated carbocycles. The minimum Gasteiger partial charge on any atom is -0.505 e. The summed E-state index contributed by atoms with van der Waals surface area (Å²) in [6, 6.07) is 0.954. The lowest BCUT2D eigenvalue weighted by Crippen LogP contribution is -2.04. The van der Waals surface area contributed by atoms with E-state index in [9.17, 15) is 4.79 Å². The van der Waals surface area contributed by atoms with Gasteiger partial charge < -0.3 is 5.11 Å². The van der Waals surface area contributed by atoms with Crippen molar-refractivity contribution in [3.05, 3.63) is 21.6 Å². The number of nitrogens with zero attached hydrogens (tertiary/aromatic N) is 1. The number of H-pyrrole nitrogens is 1. The fourth-order valence-corrected chi connectivity index (χ4v) is 0.474. The Hall–Kier alpha value is -1.03. The molecule has 2 N–H and O–H groups in total. The highest BCUT2D eigenvalue weighted by atomic mass is 35.5. The summed E-state index contributed by atoms with van der Waals surface area (Å²) in [5, 5.41) is 13.9. The molecule has 0 aliphatic heterocycles. The van der Waals surface area contributed by atoms with Gasteiger partial charge in [-0.15, -0.1) is 0 Å². The van der Waals surface area contributed by atoms with Crippen LogP contribution in [0.5, 0.6) is 5.75 Å². The predicted octanol–water partition coefficient (Wildman–Crippen LogP) is 0.129. The average molecular weight is 147 g/mol. The zero-order valence-electron chi connectivity index (χ0n) is 4.26. The van der Waals surface area contributed by atoms with Crippen molar-refractivity contribution in [3.63, 3.8) is 0 Å². The Morgan fingerprint density at radius 1 is 1.78 bits per heavy atom. The van der Waals surface area contributed by atoms with Gasteiger partial charge in [0.05, 0.1) is 0 Å². The van der Waals surface area contributed by atoms with E-state index in [1.807, 2.05) is 5.10 Å². The van der Waals surface area contributed by atoms with Crippen LogP contribution in [0.25, 0.3) is 0 Å². The van der Waals surface area contributed by atoms with E-state index in [0.717, 1.165) is 6.07 Å². The Bertz CT molecular complexity index is 270. The van der Waals surface area contributed by atoms with Crippen molar-refractivity contribution in [2.24, 2.45) is 0 Å². The van der Waals surface area contributed by atoms with Gasteiger partial charge in [0.2, 0.25) is 0 Å². The van der Waals surface area contributed by atoms with Gasteiger partial charge in [-0.25, -0.2) is 5.10 Å².